The van der Waals surface area contributed by atoms with Gasteiger partial charge in [0.15, 0.2) is 0 Å². The number of rotatable bonds is 6. The van der Waals surface area contributed by atoms with Crippen molar-refractivity contribution >= 4 is 34.2 Å². The van der Waals surface area contributed by atoms with Gasteiger partial charge in [0.1, 0.15) is 11.9 Å². The third-order valence-electron chi connectivity index (χ3n) is 5.20. The number of thioether (sulfide) groups is 1. The van der Waals surface area contributed by atoms with Crippen molar-refractivity contribution in [1.82, 2.24) is 10.3 Å². The molecule has 1 aromatic carbocycles. The van der Waals surface area contributed by atoms with E-state index in [1.54, 1.807) is 11.3 Å². The average molecular weight is 427 g/mol. The van der Waals surface area contributed by atoms with Gasteiger partial charge in [-0.25, -0.2) is 4.98 Å². The van der Waals surface area contributed by atoms with Gasteiger partial charge in [0, 0.05) is 11.3 Å². The summed E-state index contributed by atoms with van der Waals surface area (Å²) in [6.07, 6.45) is 6.73. The largest absolute Gasteiger partial charge is 1.00 e. The van der Waals surface area contributed by atoms with Crippen LogP contribution in [0.15, 0.2) is 35.2 Å². The molecule has 1 aromatic heterocycles. The van der Waals surface area contributed by atoms with Gasteiger partial charge in [-0.2, -0.15) is 0 Å². The molecule has 0 radical (unpaired) electrons. The molecule has 5 nitrogen and oxygen atoms in total. The summed E-state index contributed by atoms with van der Waals surface area (Å²) in [5.41, 5.74) is 3.91. The molecule has 8 heteroatoms. The molecule has 144 valence electrons. The second-order valence-corrected chi connectivity index (χ2v) is 8.98. The Hall–Kier alpha value is -0.860. The van der Waals surface area contributed by atoms with Gasteiger partial charge < -0.3 is 6.16 Å². The smallest absolute Gasteiger partial charge is 1.00 e. The minimum absolute atomic E-state index is 0. The van der Waals surface area contributed by atoms with E-state index in [1.807, 2.05) is 29.8 Å². The van der Waals surface area contributed by atoms with Crippen LogP contribution in [0.2, 0.25) is 0 Å². The van der Waals surface area contributed by atoms with E-state index in [4.69, 9.17) is 4.74 Å². The van der Waals surface area contributed by atoms with Gasteiger partial charge in [-0.15, -0.1) is 11.3 Å². The topological polar surface area (TPSA) is 68.3 Å². The maximum Gasteiger partial charge on any atom is 1.00 e. The quantitative estimate of drug-likeness (QED) is 0.714. The van der Waals surface area contributed by atoms with Gasteiger partial charge in [-0.05, 0) is 37.0 Å². The number of hydrogen-bond donors (Lipinski definition) is 1. The zero-order valence-electron chi connectivity index (χ0n) is 16.9. The van der Waals surface area contributed by atoms with Crippen molar-refractivity contribution in [3.63, 3.8) is 0 Å². The summed E-state index contributed by atoms with van der Waals surface area (Å²) >= 11 is 2.67. The first-order valence-electron chi connectivity index (χ1n) is 9.34. The molecule has 1 aliphatic carbocycles. The van der Waals surface area contributed by atoms with Crippen molar-refractivity contribution in [2.75, 3.05) is 0 Å². The van der Waals surface area contributed by atoms with Crippen molar-refractivity contribution in [1.29, 1.82) is 0 Å². The number of ether oxygens (including phenoxy) is 1. The van der Waals surface area contributed by atoms with Gasteiger partial charge >= 0.3 is 29.6 Å². The van der Waals surface area contributed by atoms with Gasteiger partial charge in [0.05, 0.1) is 16.5 Å². The van der Waals surface area contributed by atoms with Crippen LogP contribution in [0.5, 0.6) is 5.75 Å². The molecule has 2 amide bonds. The van der Waals surface area contributed by atoms with Crippen molar-refractivity contribution in [2.24, 2.45) is 5.92 Å². The molecule has 2 fully saturated rings. The number of thiazole rings is 1. The number of carbonyl (C=O) groups excluding carboxylic acids is 2. The first-order valence-corrected chi connectivity index (χ1v) is 11.2. The molecule has 1 N–H and O–H groups in total. The molecule has 2 unspecified atom stereocenters. The summed E-state index contributed by atoms with van der Waals surface area (Å²) < 4.78 is 6.37. The van der Waals surface area contributed by atoms with E-state index in [-0.39, 0.29) is 53.5 Å². The van der Waals surface area contributed by atoms with E-state index in [2.05, 4.69) is 15.7 Å². The van der Waals surface area contributed by atoms with Gasteiger partial charge in [0.25, 0.3) is 5.24 Å². The zero-order valence-corrected chi connectivity index (χ0v) is 19.6. The molecule has 28 heavy (non-hydrogen) atoms. The molecule has 2 atom stereocenters. The van der Waals surface area contributed by atoms with Crippen LogP contribution >= 0.6 is 23.1 Å². The maximum absolute atomic E-state index is 11.7. The van der Waals surface area contributed by atoms with E-state index in [0.717, 1.165) is 28.8 Å². The van der Waals surface area contributed by atoms with Crippen molar-refractivity contribution in [2.45, 2.75) is 49.9 Å². The Labute approximate surface area is 196 Å². The van der Waals surface area contributed by atoms with Crippen LogP contribution in [0.1, 0.15) is 50.9 Å². The van der Waals surface area contributed by atoms with Crippen molar-refractivity contribution in [3.05, 3.63) is 46.4 Å². The Balaban J connectivity index is 0.00000150. The molecule has 2 heterocycles. The van der Waals surface area contributed by atoms with Crippen LogP contribution < -0.4 is 39.6 Å². The molecule has 2 aromatic rings. The van der Waals surface area contributed by atoms with E-state index >= 15 is 0 Å². The van der Waals surface area contributed by atoms with E-state index < -0.39 is 0 Å². The molecule has 1 saturated carbocycles. The number of amides is 2. The fourth-order valence-electron chi connectivity index (χ4n) is 3.79. The summed E-state index contributed by atoms with van der Waals surface area (Å²) in [6.45, 7) is 0. The first-order chi connectivity index (χ1) is 13.2. The number of benzene rings is 1. The van der Waals surface area contributed by atoms with Crippen LogP contribution in [0.4, 0.5) is 4.79 Å². The standard InChI is InChI=1S/C20H22N2O3S2.Na.H/c23-19-17(27-20(24)22-19)10-13-6-8-15(9-7-13)25-18(16-11-26-12-21-16)14-4-2-1-3-5-14;;/h6-9,11-12,14,17-18H,1-5,10H2,(H,22,23,24);;/q;+1;-1. The van der Waals surface area contributed by atoms with Crippen LogP contribution in [0.3, 0.4) is 0 Å². The maximum atomic E-state index is 11.7. The molecule has 4 rings (SSSR count). The molecular formula is C20H23N2NaO3S2. The van der Waals surface area contributed by atoms with Crippen molar-refractivity contribution in [3.8, 4) is 5.75 Å². The van der Waals surface area contributed by atoms with E-state index in [1.165, 1.54) is 32.1 Å². The van der Waals surface area contributed by atoms with Gasteiger partial charge in [-0.3, -0.25) is 14.9 Å². The SMILES string of the molecule is O=C1NC(=O)C(Cc2ccc(OC(c3cscn3)C3CCCCC3)cc2)S1.[H-].[Na+]. The number of carbonyl (C=O) groups is 2. The summed E-state index contributed by atoms with van der Waals surface area (Å²) in [5.74, 6) is 1.12. The summed E-state index contributed by atoms with van der Waals surface area (Å²) in [5, 5.41) is 3.82. The molecule has 1 saturated heterocycles. The Morgan fingerprint density at radius 1 is 1.18 bits per heavy atom. The van der Waals surface area contributed by atoms with Crippen molar-refractivity contribution < 1.29 is 45.3 Å². The fraction of sp³-hybridized carbons (Fsp3) is 0.450. The number of nitrogens with zero attached hydrogens (tertiary/aromatic N) is 1. The van der Waals surface area contributed by atoms with E-state index in [0.29, 0.717) is 12.3 Å². The zero-order chi connectivity index (χ0) is 18.6. The minimum Gasteiger partial charge on any atom is -1.00 e. The second kappa shape index (κ2) is 10.3. The summed E-state index contributed by atoms with van der Waals surface area (Å²) in [4.78, 5) is 27.5. The van der Waals surface area contributed by atoms with E-state index in [9.17, 15) is 9.59 Å². The normalized spacial score (nSPS) is 21.1. The Morgan fingerprint density at radius 3 is 2.54 bits per heavy atom. The monoisotopic (exact) mass is 426 g/mol. The Bertz CT molecular complexity index is 799. The molecule has 0 bridgehead atoms. The average Bonchev–Trinajstić information content (AvgIpc) is 3.32. The molecule has 0 spiro atoms. The van der Waals surface area contributed by atoms with Crippen LogP contribution in [0, 0.1) is 5.92 Å². The Morgan fingerprint density at radius 2 is 1.93 bits per heavy atom. The number of nitrogens with one attached hydrogen (secondary N) is 1. The first kappa shape index (κ1) is 21.8. The third kappa shape index (κ3) is 5.39. The van der Waals surface area contributed by atoms with Crippen LogP contribution in [-0.4, -0.2) is 21.4 Å². The van der Waals surface area contributed by atoms with Crippen LogP contribution in [0.25, 0.3) is 0 Å². The minimum atomic E-state index is -0.339. The predicted octanol–water partition coefficient (Wildman–Crippen LogP) is 1.85. The van der Waals surface area contributed by atoms with Gasteiger partial charge in [0.2, 0.25) is 5.91 Å². The fourth-order valence-corrected chi connectivity index (χ4v) is 5.23. The third-order valence-corrected chi connectivity index (χ3v) is 6.78. The summed E-state index contributed by atoms with van der Waals surface area (Å²) in [7, 11) is 0. The molecular weight excluding hydrogens is 403 g/mol. The predicted molar refractivity (Wildman–Crippen MR) is 108 cm³/mol. The molecule has 2 aliphatic rings. The number of hydrogen-bond acceptors (Lipinski definition) is 6. The Kier molecular flexibility index (Phi) is 8.00. The van der Waals surface area contributed by atoms with Gasteiger partial charge in [-0.1, -0.05) is 43.2 Å². The van der Waals surface area contributed by atoms with Crippen LogP contribution in [-0.2, 0) is 11.2 Å². The number of aromatic nitrogens is 1. The summed E-state index contributed by atoms with van der Waals surface area (Å²) in [6, 6.07) is 7.86. The second-order valence-electron chi connectivity index (χ2n) is 7.08. The molecule has 1 aliphatic heterocycles. The number of imide groups is 1.